The number of amidine groups is 1. The highest BCUT2D eigenvalue weighted by Crippen LogP contribution is 2.21. The van der Waals surface area contributed by atoms with E-state index in [2.05, 4.69) is 4.90 Å². The fraction of sp³-hybridized carbons (Fsp3) is 0.917. The van der Waals surface area contributed by atoms with Gasteiger partial charge in [0.25, 0.3) is 0 Å². The number of nitrogens with one attached hydrogen (secondary N) is 1. The second-order valence-corrected chi connectivity index (χ2v) is 5.95. The SMILES string of the molecule is CN(CCCC(C)(C)C(=N)N)CC(C)(C)O. The van der Waals surface area contributed by atoms with E-state index in [9.17, 15) is 5.11 Å². The van der Waals surface area contributed by atoms with Crippen LogP contribution in [0, 0.1) is 10.8 Å². The highest BCUT2D eigenvalue weighted by Gasteiger charge is 2.21. The van der Waals surface area contributed by atoms with Crippen molar-refractivity contribution in [2.45, 2.75) is 46.1 Å². The molecule has 0 bridgehead atoms. The molecule has 16 heavy (non-hydrogen) atoms. The molecule has 0 amide bonds. The first kappa shape index (κ1) is 15.4. The molecule has 0 saturated heterocycles. The Kier molecular flexibility index (Phi) is 5.42. The van der Waals surface area contributed by atoms with E-state index in [1.165, 1.54) is 0 Å². The van der Waals surface area contributed by atoms with Crippen LogP contribution in [0.15, 0.2) is 0 Å². The number of likely N-dealkylation sites (N-methyl/N-ethyl adjacent to an activating group) is 1. The summed E-state index contributed by atoms with van der Waals surface area (Å²) in [7, 11) is 2.00. The first-order valence-corrected chi connectivity index (χ1v) is 5.80. The first-order chi connectivity index (χ1) is 7.04. The maximum atomic E-state index is 9.64. The van der Waals surface area contributed by atoms with Crippen LogP contribution in [-0.2, 0) is 0 Å². The molecule has 96 valence electrons. The molecule has 0 aliphatic rings. The topological polar surface area (TPSA) is 73.3 Å². The molecular weight excluding hydrogens is 202 g/mol. The molecular formula is C12H27N3O. The summed E-state index contributed by atoms with van der Waals surface area (Å²) in [6, 6.07) is 0. The van der Waals surface area contributed by atoms with Crippen LogP contribution in [0.3, 0.4) is 0 Å². The van der Waals surface area contributed by atoms with Crippen LogP contribution in [0.1, 0.15) is 40.5 Å². The zero-order chi connectivity index (χ0) is 13.0. The Bertz CT molecular complexity index is 231. The quantitative estimate of drug-likeness (QED) is 0.457. The summed E-state index contributed by atoms with van der Waals surface area (Å²) in [5, 5.41) is 17.1. The second kappa shape index (κ2) is 5.64. The zero-order valence-corrected chi connectivity index (χ0v) is 11.3. The summed E-state index contributed by atoms with van der Waals surface area (Å²) >= 11 is 0. The van der Waals surface area contributed by atoms with Crippen LogP contribution >= 0.6 is 0 Å². The minimum absolute atomic E-state index is 0.213. The van der Waals surface area contributed by atoms with E-state index in [-0.39, 0.29) is 11.3 Å². The van der Waals surface area contributed by atoms with Crippen LogP contribution in [-0.4, -0.2) is 41.6 Å². The number of aliphatic hydroxyl groups is 1. The van der Waals surface area contributed by atoms with Gasteiger partial charge in [0, 0.05) is 12.0 Å². The largest absolute Gasteiger partial charge is 0.389 e. The lowest BCUT2D eigenvalue weighted by Gasteiger charge is -2.27. The van der Waals surface area contributed by atoms with Gasteiger partial charge in [0.05, 0.1) is 11.4 Å². The Hall–Kier alpha value is -0.610. The standard InChI is InChI=1S/C12H27N3O/c1-11(2,10(13)14)7-6-8-15(5)9-12(3,4)16/h16H,6-9H2,1-5H3,(H3,13,14). The smallest absolute Gasteiger partial charge is 0.0963 e. The maximum absolute atomic E-state index is 9.64. The van der Waals surface area contributed by atoms with E-state index in [4.69, 9.17) is 11.1 Å². The molecule has 0 unspecified atom stereocenters. The average Bonchev–Trinajstić information content (AvgIpc) is 1.99. The fourth-order valence-corrected chi connectivity index (χ4v) is 1.67. The van der Waals surface area contributed by atoms with Crippen molar-refractivity contribution in [3.8, 4) is 0 Å². The molecule has 0 aliphatic heterocycles. The molecule has 0 atom stereocenters. The number of nitrogens with zero attached hydrogens (tertiary/aromatic N) is 1. The lowest BCUT2D eigenvalue weighted by Crippen LogP contribution is -2.37. The molecule has 4 N–H and O–H groups in total. The van der Waals surface area contributed by atoms with Gasteiger partial charge >= 0.3 is 0 Å². The molecule has 0 aromatic heterocycles. The van der Waals surface area contributed by atoms with Crippen LogP contribution < -0.4 is 5.73 Å². The first-order valence-electron chi connectivity index (χ1n) is 5.80. The van der Waals surface area contributed by atoms with Crippen LogP contribution in [0.4, 0.5) is 0 Å². The van der Waals surface area contributed by atoms with E-state index in [0.29, 0.717) is 6.54 Å². The van der Waals surface area contributed by atoms with Crippen molar-refractivity contribution in [1.82, 2.24) is 4.90 Å². The summed E-state index contributed by atoms with van der Waals surface area (Å²) in [6.45, 7) is 9.18. The second-order valence-electron chi connectivity index (χ2n) is 5.95. The van der Waals surface area contributed by atoms with Gasteiger partial charge < -0.3 is 15.7 Å². The van der Waals surface area contributed by atoms with Gasteiger partial charge in [-0.1, -0.05) is 13.8 Å². The summed E-state index contributed by atoms with van der Waals surface area (Å²) in [5.41, 5.74) is 4.66. The highest BCUT2D eigenvalue weighted by atomic mass is 16.3. The Morgan fingerprint density at radius 2 is 1.81 bits per heavy atom. The van der Waals surface area contributed by atoms with Gasteiger partial charge in [-0.05, 0) is 40.3 Å². The van der Waals surface area contributed by atoms with E-state index in [0.717, 1.165) is 19.4 Å². The Labute approximate surface area is 99.3 Å². The molecule has 4 nitrogen and oxygen atoms in total. The van der Waals surface area contributed by atoms with E-state index >= 15 is 0 Å². The van der Waals surface area contributed by atoms with Gasteiger partial charge in [0.2, 0.25) is 0 Å². The predicted molar refractivity (Wildman–Crippen MR) is 68.7 cm³/mol. The highest BCUT2D eigenvalue weighted by molar-refractivity contribution is 5.82. The van der Waals surface area contributed by atoms with Crippen molar-refractivity contribution in [3.63, 3.8) is 0 Å². The molecule has 0 aromatic carbocycles. The number of hydrogen-bond donors (Lipinski definition) is 3. The molecule has 0 rings (SSSR count). The van der Waals surface area contributed by atoms with Gasteiger partial charge in [-0.3, -0.25) is 5.41 Å². The Morgan fingerprint density at radius 3 is 2.19 bits per heavy atom. The van der Waals surface area contributed by atoms with Gasteiger partial charge in [-0.15, -0.1) is 0 Å². The summed E-state index contributed by atoms with van der Waals surface area (Å²) in [6.07, 6.45) is 1.89. The zero-order valence-electron chi connectivity index (χ0n) is 11.3. The van der Waals surface area contributed by atoms with Crippen LogP contribution in [0.5, 0.6) is 0 Å². The van der Waals surface area contributed by atoms with E-state index in [1.807, 2.05) is 34.7 Å². The minimum atomic E-state index is -0.648. The fourth-order valence-electron chi connectivity index (χ4n) is 1.67. The van der Waals surface area contributed by atoms with Crippen molar-refractivity contribution >= 4 is 5.84 Å². The summed E-state index contributed by atoms with van der Waals surface area (Å²) in [4.78, 5) is 2.11. The lowest BCUT2D eigenvalue weighted by atomic mass is 9.86. The molecule has 0 aromatic rings. The third kappa shape index (κ3) is 6.80. The van der Waals surface area contributed by atoms with E-state index in [1.54, 1.807) is 0 Å². The third-order valence-corrected chi connectivity index (χ3v) is 2.73. The van der Waals surface area contributed by atoms with Crippen LogP contribution in [0.25, 0.3) is 0 Å². The monoisotopic (exact) mass is 229 g/mol. The van der Waals surface area contributed by atoms with Crippen LogP contribution in [0.2, 0.25) is 0 Å². The van der Waals surface area contributed by atoms with Gasteiger partial charge in [-0.25, -0.2) is 0 Å². The summed E-state index contributed by atoms with van der Waals surface area (Å²) in [5.74, 6) is 0.248. The maximum Gasteiger partial charge on any atom is 0.0963 e. The van der Waals surface area contributed by atoms with Gasteiger partial charge in [0.1, 0.15) is 0 Å². The van der Waals surface area contributed by atoms with Crippen molar-refractivity contribution in [3.05, 3.63) is 0 Å². The molecule has 0 spiro atoms. The number of rotatable bonds is 7. The van der Waals surface area contributed by atoms with Crippen molar-refractivity contribution in [1.29, 1.82) is 5.41 Å². The van der Waals surface area contributed by atoms with Crippen molar-refractivity contribution in [2.75, 3.05) is 20.1 Å². The Balaban J connectivity index is 3.87. The van der Waals surface area contributed by atoms with E-state index < -0.39 is 5.60 Å². The molecule has 0 heterocycles. The third-order valence-electron chi connectivity index (χ3n) is 2.73. The minimum Gasteiger partial charge on any atom is -0.389 e. The predicted octanol–water partition coefficient (Wildman–Crippen LogP) is 1.43. The van der Waals surface area contributed by atoms with Gasteiger partial charge in [0.15, 0.2) is 0 Å². The molecule has 0 saturated carbocycles. The lowest BCUT2D eigenvalue weighted by molar-refractivity contribution is 0.0438. The van der Waals surface area contributed by atoms with Gasteiger partial charge in [-0.2, -0.15) is 0 Å². The Morgan fingerprint density at radius 1 is 1.31 bits per heavy atom. The van der Waals surface area contributed by atoms with Crippen molar-refractivity contribution < 1.29 is 5.11 Å². The number of hydrogen-bond acceptors (Lipinski definition) is 3. The molecule has 0 radical (unpaired) electrons. The normalized spacial score (nSPS) is 13.2. The molecule has 4 heteroatoms. The number of nitrogens with two attached hydrogens (primary N) is 1. The molecule has 0 aliphatic carbocycles. The molecule has 0 fully saturated rings. The van der Waals surface area contributed by atoms with Crippen molar-refractivity contribution in [2.24, 2.45) is 11.1 Å². The summed E-state index contributed by atoms with van der Waals surface area (Å²) < 4.78 is 0. The average molecular weight is 229 g/mol.